The zero-order valence-corrected chi connectivity index (χ0v) is 24.6. The van der Waals surface area contributed by atoms with Gasteiger partial charge < -0.3 is 20.3 Å². The van der Waals surface area contributed by atoms with Gasteiger partial charge in [0.1, 0.15) is 18.8 Å². The van der Waals surface area contributed by atoms with Crippen molar-refractivity contribution in [3.63, 3.8) is 0 Å². The Morgan fingerprint density at radius 2 is 1.59 bits per heavy atom. The molecule has 2 saturated heterocycles. The second-order valence-corrected chi connectivity index (χ2v) is 11.5. The number of carbonyl (C=O) groups is 3. The third kappa shape index (κ3) is 6.72. The molecule has 3 aromatic rings. The number of benzene rings is 3. The number of piperazine rings is 1. The summed E-state index contributed by atoms with van der Waals surface area (Å²) in [6.07, 6.45) is -5.88. The van der Waals surface area contributed by atoms with E-state index in [9.17, 15) is 27.6 Å². The molecule has 5 rings (SSSR count). The number of nitrogens with zero attached hydrogens (tertiary/aromatic N) is 3. The Morgan fingerprint density at radius 1 is 0.886 bits per heavy atom. The Kier molecular flexibility index (Phi) is 8.96. The van der Waals surface area contributed by atoms with Gasteiger partial charge in [0.2, 0.25) is 11.8 Å². The molecule has 0 bridgehead atoms. The molecule has 0 radical (unpaired) electrons. The summed E-state index contributed by atoms with van der Waals surface area (Å²) in [6, 6.07) is 19.6. The Hall–Kier alpha value is -4.38. The summed E-state index contributed by atoms with van der Waals surface area (Å²) in [5.74, 6) is -1.28. The lowest BCUT2D eigenvalue weighted by molar-refractivity contribution is -0.172. The maximum Gasteiger partial charge on any atom is 0.416 e. The fourth-order valence-corrected chi connectivity index (χ4v) is 5.96. The summed E-state index contributed by atoms with van der Waals surface area (Å²) < 4.78 is 45.8. The lowest BCUT2D eigenvalue weighted by atomic mass is 9.91. The second kappa shape index (κ2) is 12.7. The van der Waals surface area contributed by atoms with Crippen molar-refractivity contribution in [3.8, 4) is 0 Å². The molecule has 0 spiro atoms. The summed E-state index contributed by atoms with van der Waals surface area (Å²) in [4.78, 5) is 45.7. The predicted octanol–water partition coefficient (Wildman–Crippen LogP) is 4.66. The predicted molar refractivity (Wildman–Crippen MR) is 157 cm³/mol. The van der Waals surface area contributed by atoms with Crippen molar-refractivity contribution in [2.75, 3.05) is 19.6 Å². The number of hydrogen-bond acceptors (Lipinski definition) is 5. The Labute approximate surface area is 254 Å². The smallest absolute Gasteiger partial charge is 0.416 e. The molecule has 3 atom stereocenters. The molecule has 2 heterocycles. The van der Waals surface area contributed by atoms with Crippen LogP contribution in [0.2, 0.25) is 0 Å². The summed E-state index contributed by atoms with van der Waals surface area (Å²) in [5.41, 5.74) is 8.65. The maximum absolute atomic E-state index is 13.9. The van der Waals surface area contributed by atoms with Crippen molar-refractivity contribution in [2.45, 2.75) is 51.8 Å². The van der Waals surface area contributed by atoms with Crippen LogP contribution in [0.15, 0.2) is 72.8 Å². The molecule has 2 N–H and O–H groups in total. The van der Waals surface area contributed by atoms with Crippen LogP contribution >= 0.6 is 0 Å². The van der Waals surface area contributed by atoms with Crippen LogP contribution in [0.5, 0.6) is 0 Å². The van der Waals surface area contributed by atoms with E-state index in [-0.39, 0.29) is 43.6 Å². The van der Waals surface area contributed by atoms with Crippen LogP contribution in [0, 0.1) is 19.8 Å². The van der Waals surface area contributed by atoms with E-state index in [1.165, 1.54) is 22.8 Å². The molecule has 8 nitrogen and oxygen atoms in total. The van der Waals surface area contributed by atoms with Gasteiger partial charge in [-0.1, -0.05) is 71.8 Å². The van der Waals surface area contributed by atoms with Crippen molar-refractivity contribution in [1.29, 1.82) is 0 Å². The van der Waals surface area contributed by atoms with E-state index in [0.717, 1.165) is 28.8 Å². The number of ether oxygens (including phenoxy) is 1. The molecule has 2 aliphatic rings. The molecular weight excluding hydrogens is 573 g/mol. The zero-order chi connectivity index (χ0) is 31.6. The highest BCUT2D eigenvalue weighted by atomic mass is 19.4. The fraction of sp³-hybridized carbons (Fsp3) is 0.364. The Morgan fingerprint density at radius 3 is 2.25 bits per heavy atom. The molecule has 3 amide bonds. The lowest BCUT2D eigenvalue weighted by Gasteiger charge is -2.53. The molecule has 232 valence electrons. The van der Waals surface area contributed by atoms with E-state index in [2.05, 4.69) is 0 Å². The number of amides is 3. The molecular formula is C33H35F3N4O4. The van der Waals surface area contributed by atoms with Gasteiger partial charge in [-0.15, -0.1) is 0 Å². The van der Waals surface area contributed by atoms with E-state index >= 15 is 0 Å². The van der Waals surface area contributed by atoms with Gasteiger partial charge in [-0.05, 0) is 49.1 Å². The highest BCUT2D eigenvalue weighted by Crippen LogP contribution is 2.33. The van der Waals surface area contributed by atoms with Crippen LogP contribution in [0.25, 0.3) is 0 Å². The molecule has 2 fully saturated rings. The summed E-state index contributed by atoms with van der Waals surface area (Å²) >= 11 is 0. The first-order chi connectivity index (χ1) is 20.9. The van der Waals surface area contributed by atoms with Gasteiger partial charge in [-0.25, -0.2) is 4.79 Å². The van der Waals surface area contributed by atoms with Gasteiger partial charge in [0.05, 0.1) is 18.0 Å². The molecule has 44 heavy (non-hydrogen) atoms. The van der Waals surface area contributed by atoms with E-state index in [1.54, 1.807) is 4.90 Å². The number of fused-ring (bicyclic) bond motifs is 1. The fourth-order valence-electron chi connectivity index (χ4n) is 5.96. The minimum Gasteiger partial charge on any atom is -0.444 e. The topological polar surface area (TPSA) is 96.2 Å². The van der Waals surface area contributed by atoms with Crippen molar-refractivity contribution >= 4 is 17.9 Å². The van der Waals surface area contributed by atoms with E-state index in [0.29, 0.717) is 12.0 Å². The number of rotatable bonds is 7. The van der Waals surface area contributed by atoms with Gasteiger partial charge >= 0.3 is 12.3 Å². The first-order valence-electron chi connectivity index (χ1n) is 14.5. The molecule has 0 aromatic heterocycles. The third-order valence-electron chi connectivity index (χ3n) is 8.12. The molecule has 0 aliphatic carbocycles. The number of halogens is 3. The first kappa shape index (κ1) is 31.1. The van der Waals surface area contributed by atoms with Crippen LogP contribution in [-0.4, -0.2) is 64.4 Å². The number of hydrogen-bond donors (Lipinski definition) is 1. The quantitative estimate of drug-likeness (QED) is 0.421. The summed E-state index contributed by atoms with van der Waals surface area (Å²) in [6.45, 7) is 3.26. The average Bonchev–Trinajstić information content (AvgIpc) is 2.99. The van der Waals surface area contributed by atoms with Crippen LogP contribution < -0.4 is 5.73 Å². The third-order valence-corrected chi connectivity index (χ3v) is 8.12. The average molecular weight is 609 g/mol. The molecule has 3 aromatic carbocycles. The normalized spacial score (nSPS) is 20.5. The lowest BCUT2D eigenvalue weighted by Crippen LogP contribution is -2.74. The van der Waals surface area contributed by atoms with Gasteiger partial charge in [0, 0.05) is 19.6 Å². The standard InChI is InChI=1S/C33H35F3N4O4/c1-21-8-10-23(11-9-21)14-26-18-39(32(43)44-20-25-12-22(2)13-27(15-25)33(34,35)36)29-19-38(17-24-6-4-3-5-7-24)31(42)28(16-37)40(29)30(26)41/h3-13,15,26,28-29H,14,16-20,37H2,1-2H3/t26-,28+,29-/m1/s1. The molecule has 0 unspecified atom stereocenters. The van der Waals surface area contributed by atoms with Gasteiger partial charge in [0.25, 0.3) is 0 Å². The molecule has 2 aliphatic heterocycles. The monoisotopic (exact) mass is 608 g/mol. The van der Waals surface area contributed by atoms with Crippen molar-refractivity contribution in [1.82, 2.24) is 14.7 Å². The minimum atomic E-state index is -4.55. The summed E-state index contributed by atoms with van der Waals surface area (Å²) in [5, 5.41) is 0. The number of carbonyl (C=O) groups excluding carboxylic acids is 3. The van der Waals surface area contributed by atoms with E-state index < -0.39 is 42.6 Å². The molecule has 11 heteroatoms. The summed E-state index contributed by atoms with van der Waals surface area (Å²) in [7, 11) is 0. The number of nitrogens with two attached hydrogens (primary N) is 1. The maximum atomic E-state index is 13.9. The van der Waals surface area contributed by atoms with Gasteiger partial charge in [-0.2, -0.15) is 13.2 Å². The van der Waals surface area contributed by atoms with Gasteiger partial charge in [-0.3, -0.25) is 14.5 Å². The first-order valence-corrected chi connectivity index (χ1v) is 14.5. The minimum absolute atomic E-state index is 0.0129. The van der Waals surface area contributed by atoms with Crippen LogP contribution in [0.3, 0.4) is 0 Å². The van der Waals surface area contributed by atoms with Crippen molar-refractivity contribution in [3.05, 3.63) is 106 Å². The number of alkyl halides is 3. The zero-order valence-electron chi connectivity index (χ0n) is 24.6. The Bertz CT molecular complexity index is 1510. The number of aryl methyl sites for hydroxylation is 2. The highest BCUT2D eigenvalue weighted by molar-refractivity contribution is 5.92. The Balaban J connectivity index is 1.44. The van der Waals surface area contributed by atoms with E-state index in [1.807, 2.05) is 61.5 Å². The van der Waals surface area contributed by atoms with E-state index in [4.69, 9.17) is 10.5 Å². The van der Waals surface area contributed by atoms with Crippen molar-refractivity contribution in [2.24, 2.45) is 11.7 Å². The van der Waals surface area contributed by atoms with Crippen LogP contribution in [-0.2, 0) is 40.1 Å². The second-order valence-electron chi connectivity index (χ2n) is 11.5. The van der Waals surface area contributed by atoms with Crippen molar-refractivity contribution < 1.29 is 32.3 Å². The van der Waals surface area contributed by atoms with Crippen LogP contribution in [0.1, 0.15) is 33.4 Å². The van der Waals surface area contributed by atoms with Gasteiger partial charge in [0.15, 0.2) is 0 Å². The van der Waals surface area contributed by atoms with Crippen LogP contribution in [0.4, 0.5) is 18.0 Å². The SMILES string of the molecule is Cc1ccc(C[C@@H]2CN(C(=O)OCc3cc(C)cc(C(F)(F)F)c3)[C@H]3CN(Cc4ccccc4)C(=O)[C@H](CN)N3C2=O)cc1. The highest BCUT2D eigenvalue weighted by Gasteiger charge is 2.51. The largest absolute Gasteiger partial charge is 0.444 e. The molecule has 0 saturated carbocycles.